The molecule has 0 fully saturated rings. The molecular weight excluding hydrogens is 252 g/mol. The summed E-state index contributed by atoms with van der Waals surface area (Å²) < 4.78 is 0. The van der Waals surface area contributed by atoms with Crippen molar-refractivity contribution in [1.29, 1.82) is 0 Å². The second kappa shape index (κ2) is 6.21. The predicted molar refractivity (Wildman–Crippen MR) is 72.8 cm³/mol. The van der Waals surface area contributed by atoms with Crippen molar-refractivity contribution in [2.45, 2.75) is 13.8 Å². The van der Waals surface area contributed by atoms with Gasteiger partial charge in [-0.2, -0.15) is 0 Å². The van der Waals surface area contributed by atoms with E-state index >= 15 is 0 Å². The normalized spacial score (nSPS) is 9.72. The molecule has 0 unspecified atom stereocenters. The zero-order valence-corrected chi connectivity index (χ0v) is 11.1. The van der Waals surface area contributed by atoms with E-state index in [1.54, 1.807) is 6.07 Å². The molecule has 0 atom stereocenters. The van der Waals surface area contributed by atoms with Crippen LogP contribution in [0.25, 0.3) is 0 Å². The average Bonchev–Trinajstić information content (AvgIpc) is 2.30. The van der Waals surface area contributed by atoms with Crippen molar-refractivity contribution in [2.75, 3.05) is 11.9 Å². The van der Waals surface area contributed by atoms with Gasteiger partial charge in [0.1, 0.15) is 0 Å². The number of hydrogen-bond acceptors (Lipinski definition) is 2. The molecule has 1 aromatic rings. The van der Waals surface area contributed by atoms with Crippen LogP contribution in [-0.4, -0.2) is 18.4 Å². The van der Waals surface area contributed by atoms with E-state index in [2.05, 4.69) is 17.2 Å². The van der Waals surface area contributed by atoms with Crippen LogP contribution in [0.2, 0.25) is 5.02 Å². The van der Waals surface area contributed by atoms with E-state index in [1.807, 2.05) is 19.9 Å². The fourth-order valence-corrected chi connectivity index (χ4v) is 1.86. The maximum atomic E-state index is 11.6. The number of hydrogen-bond donors (Lipinski definition) is 2. The van der Waals surface area contributed by atoms with Gasteiger partial charge in [-0.3, -0.25) is 9.59 Å². The third-order valence-electron chi connectivity index (χ3n) is 2.28. The van der Waals surface area contributed by atoms with Crippen molar-refractivity contribution in [3.05, 3.63) is 40.9 Å². The smallest absolute Gasteiger partial charge is 0.313 e. The van der Waals surface area contributed by atoms with Crippen molar-refractivity contribution < 1.29 is 9.59 Å². The lowest BCUT2D eigenvalue weighted by Gasteiger charge is -2.11. The summed E-state index contributed by atoms with van der Waals surface area (Å²) in [6.07, 6.45) is 1.50. The van der Waals surface area contributed by atoms with Crippen LogP contribution in [-0.2, 0) is 9.59 Å². The van der Waals surface area contributed by atoms with E-state index in [0.717, 1.165) is 11.1 Å². The van der Waals surface area contributed by atoms with E-state index in [9.17, 15) is 9.59 Å². The van der Waals surface area contributed by atoms with Gasteiger partial charge in [0.2, 0.25) is 0 Å². The highest BCUT2D eigenvalue weighted by molar-refractivity contribution is 6.41. The summed E-state index contributed by atoms with van der Waals surface area (Å²) >= 11 is 6.03. The Morgan fingerprint density at radius 3 is 2.56 bits per heavy atom. The Morgan fingerprint density at radius 2 is 2.00 bits per heavy atom. The standard InChI is InChI=1S/C13H15ClN2O2/c1-4-5-15-12(17)13(18)16-11-9(3)6-8(2)7-10(11)14/h4,6-7H,1,5H2,2-3H3,(H,15,17)(H,16,18). The second-order valence-electron chi connectivity index (χ2n) is 3.89. The molecular formula is C13H15ClN2O2. The molecule has 4 nitrogen and oxygen atoms in total. The molecule has 0 heterocycles. The first kappa shape index (κ1) is 14.3. The molecule has 0 spiro atoms. The highest BCUT2D eigenvalue weighted by Gasteiger charge is 2.15. The Labute approximate surface area is 111 Å². The number of halogens is 1. The number of anilines is 1. The highest BCUT2D eigenvalue weighted by Crippen LogP contribution is 2.27. The minimum Gasteiger partial charge on any atom is -0.344 e. The number of carbonyl (C=O) groups excluding carboxylic acids is 2. The van der Waals surface area contributed by atoms with Crippen molar-refractivity contribution >= 4 is 29.1 Å². The van der Waals surface area contributed by atoms with Gasteiger partial charge >= 0.3 is 11.8 Å². The number of aryl methyl sites for hydroxylation is 2. The highest BCUT2D eigenvalue weighted by atomic mass is 35.5. The molecule has 1 aromatic carbocycles. The summed E-state index contributed by atoms with van der Waals surface area (Å²) in [5.74, 6) is -1.46. The quantitative estimate of drug-likeness (QED) is 0.651. The van der Waals surface area contributed by atoms with Crippen molar-refractivity contribution in [1.82, 2.24) is 5.32 Å². The van der Waals surface area contributed by atoms with Gasteiger partial charge < -0.3 is 10.6 Å². The van der Waals surface area contributed by atoms with E-state index < -0.39 is 11.8 Å². The zero-order chi connectivity index (χ0) is 13.7. The van der Waals surface area contributed by atoms with Crippen LogP contribution in [0.3, 0.4) is 0 Å². The Balaban J connectivity index is 2.82. The van der Waals surface area contributed by atoms with Crippen LogP contribution in [0.5, 0.6) is 0 Å². The maximum absolute atomic E-state index is 11.6. The van der Waals surface area contributed by atoms with E-state index in [4.69, 9.17) is 11.6 Å². The average molecular weight is 267 g/mol. The Kier molecular flexibility index (Phi) is 4.92. The summed E-state index contributed by atoms with van der Waals surface area (Å²) in [5, 5.41) is 5.30. The molecule has 0 radical (unpaired) electrons. The summed E-state index contributed by atoms with van der Waals surface area (Å²) in [4.78, 5) is 23.0. The molecule has 2 N–H and O–H groups in total. The molecule has 18 heavy (non-hydrogen) atoms. The molecule has 5 heteroatoms. The summed E-state index contributed by atoms with van der Waals surface area (Å²) in [6, 6.07) is 3.61. The van der Waals surface area contributed by atoms with Gasteiger partial charge in [0, 0.05) is 6.54 Å². The topological polar surface area (TPSA) is 58.2 Å². The maximum Gasteiger partial charge on any atom is 0.313 e. The lowest BCUT2D eigenvalue weighted by Crippen LogP contribution is -2.35. The van der Waals surface area contributed by atoms with Crippen LogP contribution >= 0.6 is 11.6 Å². The summed E-state index contributed by atoms with van der Waals surface area (Å²) in [6.45, 7) is 7.41. The first-order valence-corrected chi connectivity index (χ1v) is 5.80. The Hall–Kier alpha value is -1.81. The van der Waals surface area contributed by atoms with Crippen molar-refractivity contribution in [2.24, 2.45) is 0 Å². The monoisotopic (exact) mass is 266 g/mol. The fraction of sp³-hybridized carbons (Fsp3) is 0.231. The van der Waals surface area contributed by atoms with E-state index in [-0.39, 0.29) is 6.54 Å². The third kappa shape index (κ3) is 3.60. The van der Waals surface area contributed by atoms with Crippen molar-refractivity contribution in [3.8, 4) is 0 Å². The van der Waals surface area contributed by atoms with Gasteiger partial charge in [-0.15, -0.1) is 6.58 Å². The minimum absolute atomic E-state index is 0.243. The van der Waals surface area contributed by atoms with Gasteiger partial charge in [0.25, 0.3) is 0 Å². The molecule has 1 rings (SSSR count). The van der Waals surface area contributed by atoms with Crippen LogP contribution in [0.1, 0.15) is 11.1 Å². The van der Waals surface area contributed by atoms with Gasteiger partial charge in [0.15, 0.2) is 0 Å². The largest absolute Gasteiger partial charge is 0.344 e. The van der Waals surface area contributed by atoms with Crippen LogP contribution < -0.4 is 10.6 Å². The SMILES string of the molecule is C=CCNC(=O)C(=O)Nc1c(C)cc(C)cc1Cl. The zero-order valence-electron chi connectivity index (χ0n) is 10.3. The molecule has 0 aliphatic heterocycles. The lowest BCUT2D eigenvalue weighted by molar-refractivity contribution is -0.136. The molecule has 0 saturated heterocycles. The Morgan fingerprint density at radius 1 is 1.33 bits per heavy atom. The van der Waals surface area contributed by atoms with Crippen LogP contribution in [0, 0.1) is 13.8 Å². The third-order valence-corrected chi connectivity index (χ3v) is 2.58. The first-order valence-electron chi connectivity index (χ1n) is 5.42. The minimum atomic E-state index is -0.745. The molecule has 2 amide bonds. The molecule has 0 bridgehead atoms. The van der Waals surface area contributed by atoms with Gasteiger partial charge in [0.05, 0.1) is 10.7 Å². The fourth-order valence-electron chi connectivity index (χ4n) is 1.49. The molecule has 0 aliphatic carbocycles. The van der Waals surface area contributed by atoms with Gasteiger partial charge in [-0.1, -0.05) is 23.7 Å². The van der Waals surface area contributed by atoms with Crippen molar-refractivity contribution in [3.63, 3.8) is 0 Å². The molecule has 0 saturated carbocycles. The predicted octanol–water partition coefficient (Wildman–Crippen LogP) is 2.20. The number of rotatable bonds is 3. The number of amides is 2. The molecule has 0 aliphatic rings. The number of nitrogens with one attached hydrogen (secondary N) is 2. The molecule has 0 aromatic heterocycles. The van der Waals surface area contributed by atoms with Crippen LogP contribution in [0.4, 0.5) is 5.69 Å². The molecule has 96 valence electrons. The summed E-state index contributed by atoms with van der Waals surface area (Å²) in [5.41, 5.74) is 2.26. The second-order valence-corrected chi connectivity index (χ2v) is 4.30. The Bertz CT molecular complexity index is 475. The van der Waals surface area contributed by atoms with Gasteiger partial charge in [-0.25, -0.2) is 0 Å². The van der Waals surface area contributed by atoms with E-state index in [0.29, 0.717) is 10.7 Å². The van der Waals surface area contributed by atoms with Crippen LogP contribution in [0.15, 0.2) is 24.8 Å². The van der Waals surface area contributed by atoms with Gasteiger partial charge in [-0.05, 0) is 31.0 Å². The van der Waals surface area contributed by atoms with E-state index in [1.165, 1.54) is 6.08 Å². The summed E-state index contributed by atoms with van der Waals surface area (Å²) in [7, 11) is 0. The first-order chi connectivity index (χ1) is 8.45. The lowest BCUT2D eigenvalue weighted by atomic mass is 10.1. The number of carbonyl (C=O) groups is 2. The number of benzene rings is 1.